The number of rotatable bonds is 63. The fourth-order valence-electron chi connectivity index (χ4n) is 10.3. The lowest BCUT2D eigenvalue weighted by Gasteiger charge is -2.18. The van der Waals surface area contributed by atoms with E-state index in [0.717, 1.165) is 70.6 Å². The summed E-state index contributed by atoms with van der Waals surface area (Å²) in [4.78, 5) is 38.3. The Kier molecular flexibility index (Phi) is 62.6. The van der Waals surface area contributed by atoms with Crippen LogP contribution in [-0.4, -0.2) is 37.2 Å². The molecule has 0 aliphatic rings. The van der Waals surface area contributed by atoms with Crippen LogP contribution in [0.2, 0.25) is 0 Å². The lowest BCUT2D eigenvalue weighted by molar-refractivity contribution is -0.167. The fraction of sp³-hybridized carbons (Fsp3) is 0.899. The standard InChI is InChI=1S/C69H130O6/c1-4-7-10-13-16-19-22-25-28-30-31-32-33-34-35-36-37-38-39-42-44-47-50-53-56-59-62-68(71)74-65-66(64-73-67(70)61-58-55-52-49-46-43-40-27-24-21-18-15-12-9-6-3)75-69(72)63-60-57-54-51-48-45-41-29-26-23-20-17-14-11-8-5-2/h27,29,40-41,66H,4-26,28,30-39,42-65H2,1-3H3/b40-27-,41-29-. The predicted octanol–water partition coefficient (Wildman–Crippen LogP) is 23.0. The molecule has 0 N–H and O–H groups in total. The molecule has 1 atom stereocenters. The van der Waals surface area contributed by atoms with Gasteiger partial charge in [0.05, 0.1) is 0 Å². The van der Waals surface area contributed by atoms with Crippen molar-refractivity contribution in [1.82, 2.24) is 0 Å². The van der Waals surface area contributed by atoms with Gasteiger partial charge < -0.3 is 14.2 Å². The highest BCUT2D eigenvalue weighted by Gasteiger charge is 2.19. The van der Waals surface area contributed by atoms with Gasteiger partial charge in [-0.15, -0.1) is 0 Å². The van der Waals surface area contributed by atoms with Crippen molar-refractivity contribution in [1.29, 1.82) is 0 Å². The highest BCUT2D eigenvalue weighted by molar-refractivity contribution is 5.71. The van der Waals surface area contributed by atoms with Gasteiger partial charge in [-0.25, -0.2) is 0 Å². The summed E-state index contributed by atoms with van der Waals surface area (Å²) in [5.74, 6) is -0.862. The fourth-order valence-corrected chi connectivity index (χ4v) is 10.3. The maximum Gasteiger partial charge on any atom is 0.306 e. The van der Waals surface area contributed by atoms with E-state index in [1.165, 1.54) is 270 Å². The van der Waals surface area contributed by atoms with Crippen LogP contribution in [0.15, 0.2) is 24.3 Å². The zero-order chi connectivity index (χ0) is 54.3. The highest BCUT2D eigenvalue weighted by Crippen LogP contribution is 2.18. The number of carbonyl (C=O) groups excluding carboxylic acids is 3. The maximum absolute atomic E-state index is 12.9. The van der Waals surface area contributed by atoms with E-state index in [2.05, 4.69) is 45.1 Å². The Labute approximate surface area is 468 Å². The van der Waals surface area contributed by atoms with E-state index < -0.39 is 6.10 Å². The van der Waals surface area contributed by atoms with Crippen LogP contribution in [-0.2, 0) is 28.6 Å². The molecule has 0 aromatic heterocycles. The average Bonchev–Trinajstić information content (AvgIpc) is 3.41. The van der Waals surface area contributed by atoms with Crippen LogP contribution in [0, 0.1) is 0 Å². The largest absolute Gasteiger partial charge is 0.462 e. The highest BCUT2D eigenvalue weighted by atomic mass is 16.6. The summed E-state index contributed by atoms with van der Waals surface area (Å²) in [5, 5.41) is 0. The summed E-state index contributed by atoms with van der Waals surface area (Å²) in [6.07, 6.45) is 77.7. The zero-order valence-electron chi connectivity index (χ0n) is 50.8. The normalized spacial score (nSPS) is 12.1. The van der Waals surface area contributed by atoms with Crippen molar-refractivity contribution in [3.8, 4) is 0 Å². The van der Waals surface area contributed by atoms with Crippen LogP contribution in [0.25, 0.3) is 0 Å². The Bertz CT molecular complexity index is 1210. The Morgan fingerprint density at radius 2 is 0.440 bits per heavy atom. The third kappa shape index (κ3) is 62.6. The quantitative estimate of drug-likeness (QED) is 0.0261. The Hall–Kier alpha value is -2.11. The Morgan fingerprint density at radius 3 is 0.667 bits per heavy atom. The van der Waals surface area contributed by atoms with Gasteiger partial charge in [-0.3, -0.25) is 14.4 Å². The third-order valence-corrected chi connectivity index (χ3v) is 15.4. The van der Waals surface area contributed by atoms with Crippen molar-refractivity contribution < 1.29 is 28.6 Å². The zero-order valence-corrected chi connectivity index (χ0v) is 50.8. The SMILES string of the molecule is CCCCCCCC/C=C\CCCCCCCC(=O)OCC(COC(=O)CCCCCCCCCCCCCCCCCCCCCCCCCCCC)OC(=O)CCCCCCC/C=C\CCCCCCCCC. The summed E-state index contributed by atoms with van der Waals surface area (Å²) >= 11 is 0. The molecule has 1 unspecified atom stereocenters. The first-order valence-corrected chi connectivity index (χ1v) is 33.8. The van der Waals surface area contributed by atoms with E-state index in [1.54, 1.807) is 0 Å². The molecule has 6 heteroatoms. The van der Waals surface area contributed by atoms with Gasteiger partial charge in [-0.2, -0.15) is 0 Å². The van der Waals surface area contributed by atoms with Crippen LogP contribution in [0.3, 0.4) is 0 Å². The van der Waals surface area contributed by atoms with Crippen LogP contribution in [0.4, 0.5) is 0 Å². The molecule has 0 radical (unpaired) electrons. The van der Waals surface area contributed by atoms with Gasteiger partial charge in [0, 0.05) is 19.3 Å². The number of hydrogen-bond acceptors (Lipinski definition) is 6. The number of carbonyl (C=O) groups is 3. The van der Waals surface area contributed by atoms with Gasteiger partial charge in [0.25, 0.3) is 0 Å². The van der Waals surface area contributed by atoms with E-state index >= 15 is 0 Å². The van der Waals surface area contributed by atoms with Gasteiger partial charge >= 0.3 is 17.9 Å². The summed E-state index contributed by atoms with van der Waals surface area (Å²) < 4.78 is 16.9. The van der Waals surface area contributed by atoms with E-state index in [0.29, 0.717) is 19.3 Å². The maximum atomic E-state index is 12.9. The van der Waals surface area contributed by atoms with E-state index in [4.69, 9.17) is 14.2 Å². The topological polar surface area (TPSA) is 78.9 Å². The molecule has 0 fully saturated rings. The molecule has 0 aromatic carbocycles. The summed E-state index contributed by atoms with van der Waals surface area (Å²) in [6, 6.07) is 0. The minimum atomic E-state index is -0.777. The molecule has 0 aliphatic heterocycles. The summed E-state index contributed by atoms with van der Waals surface area (Å²) in [5.41, 5.74) is 0. The van der Waals surface area contributed by atoms with Crippen LogP contribution < -0.4 is 0 Å². The van der Waals surface area contributed by atoms with Crippen molar-refractivity contribution in [3.05, 3.63) is 24.3 Å². The smallest absolute Gasteiger partial charge is 0.306 e. The predicted molar refractivity (Wildman–Crippen MR) is 326 cm³/mol. The number of ether oxygens (including phenoxy) is 3. The second-order valence-electron chi connectivity index (χ2n) is 23.1. The lowest BCUT2D eigenvalue weighted by Crippen LogP contribution is -2.30. The van der Waals surface area contributed by atoms with E-state index in [-0.39, 0.29) is 31.1 Å². The summed E-state index contributed by atoms with van der Waals surface area (Å²) in [6.45, 7) is 6.69. The van der Waals surface area contributed by atoms with Gasteiger partial charge in [-0.05, 0) is 70.6 Å². The number of unbranched alkanes of at least 4 members (excludes halogenated alkanes) is 48. The van der Waals surface area contributed by atoms with E-state index in [9.17, 15) is 14.4 Å². The molecule has 0 aliphatic carbocycles. The lowest BCUT2D eigenvalue weighted by atomic mass is 10.0. The molecule has 0 rings (SSSR count). The average molecular weight is 1060 g/mol. The molecule has 0 saturated heterocycles. The summed E-state index contributed by atoms with van der Waals surface area (Å²) in [7, 11) is 0. The molecule has 0 aromatic rings. The first-order chi connectivity index (χ1) is 37.0. The van der Waals surface area contributed by atoms with Crippen LogP contribution >= 0.6 is 0 Å². The molecule has 6 nitrogen and oxygen atoms in total. The molecular weight excluding hydrogens is 925 g/mol. The molecule has 0 amide bonds. The molecule has 0 saturated carbocycles. The van der Waals surface area contributed by atoms with Crippen molar-refractivity contribution in [2.24, 2.45) is 0 Å². The number of allylic oxidation sites excluding steroid dienone is 4. The minimum absolute atomic E-state index is 0.0722. The first-order valence-electron chi connectivity index (χ1n) is 33.8. The first kappa shape index (κ1) is 72.9. The van der Waals surface area contributed by atoms with Gasteiger partial charge in [-0.1, -0.05) is 315 Å². The second-order valence-corrected chi connectivity index (χ2v) is 23.1. The van der Waals surface area contributed by atoms with Crippen molar-refractivity contribution in [3.63, 3.8) is 0 Å². The van der Waals surface area contributed by atoms with Crippen molar-refractivity contribution in [2.45, 2.75) is 386 Å². The molecule has 0 bridgehead atoms. The Morgan fingerprint density at radius 1 is 0.253 bits per heavy atom. The van der Waals surface area contributed by atoms with Crippen LogP contribution in [0.5, 0.6) is 0 Å². The van der Waals surface area contributed by atoms with Crippen molar-refractivity contribution >= 4 is 17.9 Å². The number of hydrogen-bond donors (Lipinski definition) is 0. The van der Waals surface area contributed by atoms with Crippen molar-refractivity contribution in [2.75, 3.05) is 13.2 Å². The minimum Gasteiger partial charge on any atom is -0.462 e. The van der Waals surface area contributed by atoms with Crippen LogP contribution in [0.1, 0.15) is 380 Å². The van der Waals surface area contributed by atoms with Gasteiger partial charge in [0.1, 0.15) is 13.2 Å². The second kappa shape index (κ2) is 64.4. The monoisotopic (exact) mass is 1050 g/mol. The third-order valence-electron chi connectivity index (χ3n) is 15.4. The molecule has 0 spiro atoms. The molecule has 0 heterocycles. The van der Waals surface area contributed by atoms with Gasteiger partial charge in [0.2, 0.25) is 0 Å². The Balaban J connectivity index is 4.23. The molecule has 75 heavy (non-hydrogen) atoms. The van der Waals surface area contributed by atoms with Gasteiger partial charge in [0.15, 0.2) is 6.10 Å². The number of esters is 3. The van der Waals surface area contributed by atoms with E-state index in [1.807, 2.05) is 0 Å². The molecular formula is C69H130O6. The molecule has 442 valence electrons.